The van der Waals surface area contributed by atoms with E-state index < -0.39 is 0 Å². The smallest absolute Gasteiger partial charge is 0.109 e. The summed E-state index contributed by atoms with van der Waals surface area (Å²) in [6, 6.07) is 0. The van der Waals surface area contributed by atoms with E-state index in [4.69, 9.17) is 7.80 Å². The molecule has 3 rings (SSSR count). The van der Waals surface area contributed by atoms with E-state index in [1.807, 2.05) is 23.0 Å². The number of halogens is 1. The molecule has 0 aromatic carbocycles. The van der Waals surface area contributed by atoms with E-state index in [1.165, 1.54) is 19.3 Å². The molecule has 2 nitrogen and oxygen atoms in total. The highest BCUT2D eigenvalue weighted by molar-refractivity contribution is 14.1. The van der Waals surface area contributed by atoms with Crippen LogP contribution in [0.25, 0.3) is 0 Å². The topological polar surface area (TPSA) is 18.5 Å². The molecule has 0 aromatic heterocycles. The minimum atomic E-state index is 0.536. The quantitative estimate of drug-likeness (QED) is 0.701. The first-order valence-corrected chi connectivity index (χ1v) is 4.67. The first-order chi connectivity index (χ1) is 4.90. The van der Waals surface area contributed by atoms with Gasteiger partial charge < -0.3 is 7.80 Å². The molecule has 10 heavy (non-hydrogen) atoms. The minimum Gasteiger partial charge on any atom is -0.374 e. The summed E-state index contributed by atoms with van der Waals surface area (Å²) in [6.45, 7) is 0.873. The van der Waals surface area contributed by atoms with Gasteiger partial charge in [0.2, 0.25) is 0 Å². The van der Waals surface area contributed by atoms with Crippen molar-refractivity contribution in [2.24, 2.45) is 5.92 Å². The standard InChI is InChI=1S/C7H11IO2/c8-9-4-5-1-2-6-3-7(5)10-6/h5-7H,1-4H2. The van der Waals surface area contributed by atoms with E-state index in [0.717, 1.165) is 6.61 Å². The number of fused-ring (bicyclic) bond motifs is 2. The molecule has 2 bridgehead atoms. The molecular formula is C7H11IO2. The summed E-state index contributed by atoms with van der Waals surface area (Å²) >= 11 is 1.96. The van der Waals surface area contributed by atoms with Gasteiger partial charge in [0.25, 0.3) is 0 Å². The number of rotatable bonds is 2. The minimum absolute atomic E-state index is 0.536. The van der Waals surface area contributed by atoms with Crippen LogP contribution in [-0.4, -0.2) is 18.8 Å². The fraction of sp³-hybridized carbons (Fsp3) is 1.00. The number of hydrogen-bond donors (Lipinski definition) is 0. The lowest BCUT2D eigenvalue weighted by atomic mass is 9.80. The van der Waals surface area contributed by atoms with Crippen LogP contribution in [-0.2, 0) is 7.80 Å². The summed E-state index contributed by atoms with van der Waals surface area (Å²) in [5.74, 6) is 0.682. The van der Waals surface area contributed by atoms with Crippen LogP contribution in [0.2, 0.25) is 0 Å². The van der Waals surface area contributed by atoms with Gasteiger partial charge in [0.05, 0.1) is 18.8 Å². The summed E-state index contributed by atoms with van der Waals surface area (Å²) in [5, 5.41) is 0. The van der Waals surface area contributed by atoms with E-state index >= 15 is 0 Å². The summed E-state index contributed by atoms with van der Waals surface area (Å²) in [5.41, 5.74) is 0. The van der Waals surface area contributed by atoms with Gasteiger partial charge in [-0.15, -0.1) is 0 Å². The second-order valence-corrected chi connectivity index (χ2v) is 3.77. The van der Waals surface area contributed by atoms with Gasteiger partial charge in [-0.05, 0) is 12.8 Å². The molecule has 1 aliphatic carbocycles. The van der Waals surface area contributed by atoms with Crippen molar-refractivity contribution >= 4 is 23.0 Å². The van der Waals surface area contributed by atoms with Gasteiger partial charge in [0, 0.05) is 12.3 Å². The lowest BCUT2D eigenvalue weighted by Crippen LogP contribution is -2.48. The number of hydrogen-bond acceptors (Lipinski definition) is 2. The van der Waals surface area contributed by atoms with Crippen molar-refractivity contribution in [2.75, 3.05) is 6.61 Å². The van der Waals surface area contributed by atoms with Crippen molar-refractivity contribution in [1.82, 2.24) is 0 Å². The van der Waals surface area contributed by atoms with E-state index in [2.05, 4.69) is 0 Å². The highest BCUT2D eigenvalue weighted by Crippen LogP contribution is 2.38. The highest BCUT2D eigenvalue weighted by atomic mass is 127. The third-order valence-corrected chi connectivity index (χ3v) is 2.88. The predicted molar refractivity (Wildman–Crippen MR) is 46.0 cm³/mol. The summed E-state index contributed by atoms with van der Waals surface area (Å²) < 4.78 is 10.6. The zero-order valence-electron chi connectivity index (χ0n) is 5.75. The van der Waals surface area contributed by atoms with Gasteiger partial charge >= 0.3 is 0 Å². The van der Waals surface area contributed by atoms with E-state index in [-0.39, 0.29) is 0 Å². The van der Waals surface area contributed by atoms with Gasteiger partial charge in [0.15, 0.2) is 0 Å². The Hall–Kier alpha value is 0.650. The molecule has 2 saturated heterocycles. The van der Waals surface area contributed by atoms with Crippen LogP contribution in [0, 0.1) is 5.92 Å². The Morgan fingerprint density at radius 2 is 2.30 bits per heavy atom. The van der Waals surface area contributed by atoms with Gasteiger partial charge in [-0.3, -0.25) is 0 Å². The second kappa shape index (κ2) is 2.95. The maximum Gasteiger partial charge on any atom is 0.109 e. The van der Waals surface area contributed by atoms with Crippen molar-refractivity contribution < 1.29 is 7.80 Å². The molecule has 1 saturated carbocycles. The SMILES string of the molecule is IOCC1CCC2CC1O2. The summed E-state index contributed by atoms with van der Waals surface area (Å²) in [6.07, 6.45) is 4.98. The van der Waals surface area contributed by atoms with Crippen LogP contribution in [0.5, 0.6) is 0 Å². The van der Waals surface area contributed by atoms with Crippen molar-refractivity contribution in [2.45, 2.75) is 31.5 Å². The molecule has 0 amide bonds. The molecule has 58 valence electrons. The number of ether oxygens (including phenoxy) is 1. The normalized spacial score (nSPS) is 44.7. The van der Waals surface area contributed by atoms with Crippen LogP contribution in [0.4, 0.5) is 0 Å². The van der Waals surface area contributed by atoms with Crippen molar-refractivity contribution in [3.05, 3.63) is 0 Å². The fourth-order valence-corrected chi connectivity index (χ4v) is 2.30. The van der Waals surface area contributed by atoms with Gasteiger partial charge in [-0.25, -0.2) is 0 Å². The lowest BCUT2D eigenvalue weighted by molar-refractivity contribution is -0.188. The van der Waals surface area contributed by atoms with Crippen LogP contribution in [0.3, 0.4) is 0 Å². The van der Waals surface area contributed by atoms with E-state index in [9.17, 15) is 0 Å². The average Bonchev–Trinajstić information content (AvgIpc) is 1.87. The maximum absolute atomic E-state index is 5.56. The molecule has 0 spiro atoms. The molecule has 3 unspecified atom stereocenters. The Kier molecular flexibility index (Phi) is 2.15. The van der Waals surface area contributed by atoms with Crippen molar-refractivity contribution in [3.63, 3.8) is 0 Å². The molecule has 2 heterocycles. The van der Waals surface area contributed by atoms with E-state index in [1.54, 1.807) is 0 Å². The Morgan fingerprint density at radius 3 is 2.80 bits per heavy atom. The van der Waals surface area contributed by atoms with E-state index in [0.29, 0.717) is 18.1 Å². The van der Waals surface area contributed by atoms with Gasteiger partial charge in [-0.1, -0.05) is 0 Å². The lowest BCUT2D eigenvalue weighted by Gasteiger charge is -2.46. The molecule has 3 aliphatic rings. The Labute approximate surface area is 75.0 Å². The zero-order chi connectivity index (χ0) is 6.97. The molecule has 3 fully saturated rings. The first-order valence-electron chi connectivity index (χ1n) is 3.79. The molecule has 0 N–H and O–H groups in total. The fourth-order valence-electron chi connectivity index (χ4n) is 1.84. The maximum atomic E-state index is 5.56. The largest absolute Gasteiger partial charge is 0.374 e. The summed E-state index contributed by atoms with van der Waals surface area (Å²) in [4.78, 5) is 0. The van der Waals surface area contributed by atoms with Crippen molar-refractivity contribution in [1.29, 1.82) is 0 Å². The molecular weight excluding hydrogens is 243 g/mol. The molecule has 3 atom stereocenters. The molecule has 2 aliphatic heterocycles. The first kappa shape index (κ1) is 7.31. The van der Waals surface area contributed by atoms with Crippen LogP contribution >= 0.6 is 23.0 Å². The second-order valence-electron chi connectivity index (χ2n) is 3.15. The van der Waals surface area contributed by atoms with Gasteiger partial charge in [0.1, 0.15) is 23.0 Å². The summed E-state index contributed by atoms with van der Waals surface area (Å²) in [7, 11) is 0. The third-order valence-electron chi connectivity index (χ3n) is 2.52. The van der Waals surface area contributed by atoms with Gasteiger partial charge in [-0.2, -0.15) is 0 Å². The van der Waals surface area contributed by atoms with Crippen LogP contribution in [0.15, 0.2) is 0 Å². The molecule has 0 aromatic rings. The average molecular weight is 254 g/mol. The van der Waals surface area contributed by atoms with Crippen LogP contribution in [0.1, 0.15) is 19.3 Å². The third kappa shape index (κ3) is 1.19. The molecule has 0 radical (unpaired) electrons. The zero-order valence-corrected chi connectivity index (χ0v) is 7.91. The predicted octanol–water partition coefficient (Wildman–Crippen LogP) is 1.92. The Morgan fingerprint density at radius 1 is 1.50 bits per heavy atom. The Bertz CT molecular complexity index is 118. The van der Waals surface area contributed by atoms with Crippen LogP contribution < -0.4 is 0 Å². The van der Waals surface area contributed by atoms with Crippen molar-refractivity contribution in [3.8, 4) is 0 Å². The highest BCUT2D eigenvalue weighted by Gasteiger charge is 2.40. The molecule has 3 heteroatoms. The Balaban J connectivity index is 1.84. The monoisotopic (exact) mass is 254 g/mol.